The number of aromatic amines is 1. The number of benzene rings is 2. The van der Waals surface area contributed by atoms with E-state index in [9.17, 15) is 8.94 Å². The summed E-state index contributed by atoms with van der Waals surface area (Å²) in [5.41, 5.74) is 3.75. The summed E-state index contributed by atoms with van der Waals surface area (Å²) in [6.45, 7) is 0. The minimum absolute atomic E-state index is 0.274. The summed E-state index contributed by atoms with van der Waals surface area (Å²) in [4.78, 5) is 12.9. The number of hydrogen-bond donors (Lipinski definition) is 1. The number of nitrogens with zero attached hydrogens (tertiary/aromatic N) is 2. The average Bonchev–Trinajstić information content (AvgIpc) is 3.28. The topological polar surface area (TPSA) is 64.6 Å². The predicted molar refractivity (Wildman–Crippen MR) is 116 cm³/mol. The van der Waals surface area contributed by atoms with Gasteiger partial charge in [-0.15, -0.1) is 11.8 Å². The molecule has 0 aliphatic rings. The van der Waals surface area contributed by atoms with Gasteiger partial charge in [-0.1, -0.05) is 24.3 Å². The highest BCUT2D eigenvalue weighted by atomic mass is 32.2. The maximum absolute atomic E-state index is 13.3. The number of pyridine rings is 1. The van der Waals surface area contributed by atoms with Crippen molar-refractivity contribution in [3.63, 3.8) is 0 Å². The highest BCUT2D eigenvalue weighted by molar-refractivity contribution is 7.98. The molecule has 0 saturated heterocycles. The minimum atomic E-state index is -1.00. The Morgan fingerprint density at radius 2 is 1.90 bits per heavy atom. The molecule has 1 unspecified atom stereocenters. The minimum Gasteiger partial charge on any atom is -0.612 e. The van der Waals surface area contributed by atoms with Crippen molar-refractivity contribution in [1.29, 1.82) is 0 Å². The molecule has 0 amide bonds. The normalized spacial score (nSPS) is 12.1. The highest BCUT2D eigenvalue weighted by Gasteiger charge is 2.13. The van der Waals surface area contributed by atoms with Gasteiger partial charge in [0.25, 0.3) is 0 Å². The third-order valence-electron chi connectivity index (χ3n) is 4.40. The molecule has 4 rings (SSSR count). The molecule has 0 saturated carbocycles. The Morgan fingerprint density at radius 3 is 2.62 bits per heavy atom. The van der Waals surface area contributed by atoms with E-state index in [-0.39, 0.29) is 5.82 Å². The Bertz CT molecular complexity index is 1100. The summed E-state index contributed by atoms with van der Waals surface area (Å²) in [5, 5.41) is 0.852. The smallest absolute Gasteiger partial charge is 0.152 e. The van der Waals surface area contributed by atoms with Crippen LogP contribution in [0.1, 0.15) is 5.56 Å². The lowest BCUT2D eigenvalue weighted by molar-refractivity contribution is 0.600. The first kappa shape index (κ1) is 19.7. The van der Waals surface area contributed by atoms with E-state index in [0.717, 1.165) is 38.0 Å². The summed E-state index contributed by atoms with van der Waals surface area (Å²) in [6, 6.07) is 16.1. The van der Waals surface area contributed by atoms with Crippen molar-refractivity contribution in [2.24, 2.45) is 0 Å². The fourth-order valence-electron chi connectivity index (χ4n) is 2.95. The third kappa shape index (κ3) is 4.70. The molecule has 0 aliphatic carbocycles. The molecule has 0 spiro atoms. The average molecular weight is 424 g/mol. The molecule has 0 bridgehead atoms. The van der Waals surface area contributed by atoms with E-state index in [0.29, 0.717) is 5.75 Å². The van der Waals surface area contributed by atoms with E-state index < -0.39 is 11.2 Å². The first-order chi connectivity index (χ1) is 14.1. The monoisotopic (exact) mass is 423 g/mol. The molecule has 0 fully saturated rings. The second kappa shape index (κ2) is 8.82. The Hall–Kier alpha value is -2.61. The number of halogens is 1. The number of imidazole rings is 1. The highest BCUT2D eigenvalue weighted by Crippen LogP contribution is 2.33. The van der Waals surface area contributed by atoms with Crippen LogP contribution in [0.25, 0.3) is 22.5 Å². The van der Waals surface area contributed by atoms with E-state index in [1.54, 1.807) is 48.7 Å². The van der Waals surface area contributed by atoms with Gasteiger partial charge in [0.2, 0.25) is 0 Å². The van der Waals surface area contributed by atoms with Crippen molar-refractivity contribution in [1.82, 2.24) is 15.0 Å². The Balaban J connectivity index is 1.63. The molecule has 1 atom stereocenters. The van der Waals surface area contributed by atoms with Crippen molar-refractivity contribution in [3.8, 4) is 22.5 Å². The van der Waals surface area contributed by atoms with Gasteiger partial charge in [0.05, 0.1) is 5.03 Å². The maximum atomic E-state index is 13.3. The van der Waals surface area contributed by atoms with Crippen molar-refractivity contribution >= 4 is 22.9 Å². The van der Waals surface area contributed by atoms with Gasteiger partial charge in [0.15, 0.2) is 4.90 Å². The van der Waals surface area contributed by atoms with Crippen molar-refractivity contribution in [2.45, 2.75) is 15.7 Å². The summed E-state index contributed by atoms with van der Waals surface area (Å²) in [6.07, 6.45) is 6.95. The van der Waals surface area contributed by atoms with Crippen LogP contribution in [0.4, 0.5) is 4.39 Å². The van der Waals surface area contributed by atoms with E-state index in [2.05, 4.69) is 15.0 Å². The van der Waals surface area contributed by atoms with Crippen molar-refractivity contribution in [2.75, 3.05) is 6.26 Å². The van der Waals surface area contributed by atoms with Crippen molar-refractivity contribution < 1.29 is 8.94 Å². The molecule has 146 valence electrons. The van der Waals surface area contributed by atoms with Gasteiger partial charge in [0, 0.05) is 35.5 Å². The third-order valence-corrected chi connectivity index (χ3v) is 6.32. The van der Waals surface area contributed by atoms with Crippen LogP contribution >= 0.6 is 11.8 Å². The van der Waals surface area contributed by atoms with E-state index in [1.165, 1.54) is 12.1 Å². The molecular formula is C22H18FN3OS2. The summed E-state index contributed by atoms with van der Waals surface area (Å²) >= 11 is 0.599. The zero-order valence-corrected chi connectivity index (χ0v) is 17.3. The lowest BCUT2D eigenvalue weighted by Gasteiger charge is -2.10. The van der Waals surface area contributed by atoms with Crippen LogP contribution in [-0.2, 0) is 16.9 Å². The number of aromatic nitrogens is 3. The molecule has 1 N–H and O–H groups in total. The first-order valence-corrected chi connectivity index (χ1v) is 11.5. The van der Waals surface area contributed by atoms with Gasteiger partial charge in [-0.3, -0.25) is 0 Å². The second-order valence-electron chi connectivity index (χ2n) is 6.40. The zero-order valence-electron chi connectivity index (χ0n) is 15.6. The Morgan fingerprint density at radius 1 is 1.07 bits per heavy atom. The molecular weight excluding hydrogens is 405 g/mol. The largest absolute Gasteiger partial charge is 0.612 e. The number of nitrogens with one attached hydrogen (secondary N) is 1. The zero-order chi connectivity index (χ0) is 20.2. The number of hydrogen-bond acceptors (Lipinski definition) is 4. The number of rotatable bonds is 6. The molecule has 0 radical (unpaired) electrons. The SMILES string of the molecule is C[S+]([O-])c1cccc(CSc2cc(-c3ncc[nH]3)c(-c3ccc(F)cc3)cn2)c1. The van der Waals surface area contributed by atoms with Crippen LogP contribution in [0, 0.1) is 5.82 Å². The molecule has 2 aromatic heterocycles. The molecule has 29 heavy (non-hydrogen) atoms. The fourth-order valence-corrected chi connectivity index (χ4v) is 4.36. The lowest BCUT2D eigenvalue weighted by atomic mass is 10.0. The van der Waals surface area contributed by atoms with E-state index in [1.807, 2.05) is 30.3 Å². The Kier molecular flexibility index (Phi) is 5.99. The van der Waals surface area contributed by atoms with Gasteiger partial charge in [-0.25, -0.2) is 14.4 Å². The van der Waals surface area contributed by atoms with Crippen LogP contribution in [0.2, 0.25) is 0 Å². The standard InChI is InChI=1S/C22H18FN3OS2/c1-29(27)18-4-2-3-15(11-18)14-28-21-12-19(22-24-9-10-25-22)20(13-26-21)16-5-7-17(23)8-6-16/h2-13H,14H2,1H3,(H,24,25). The van der Waals surface area contributed by atoms with Crippen molar-refractivity contribution in [3.05, 3.63) is 84.6 Å². The lowest BCUT2D eigenvalue weighted by Crippen LogP contribution is -1.97. The number of H-pyrrole nitrogens is 1. The summed E-state index contributed by atoms with van der Waals surface area (Å²) in [5.74, 6) is 1.17. The Labute approximate surface area is 175 Å². The molecule has 2 aromatic carbocycles. The molecule has 0 aliphatic heterocycles. The summed E-state index contributed by atoms with van der Waals surface area (Å²) < 4.78 is 25.0. The predicted octanol–water partition coefficient (Wildman–Crippen LogP) is 5.31. The van der Waals surface area contributed by atoms with Gasteiger partial charge >= 0.3 is 0 Å². The van der Waals surface area contributed by atoms with E-state index in [4.69, 9.17) is 0 Å². The molecule has 4 aromatic rings. The van der Waals surface area contributed by atoms with Gasteiger partial charge in [0.1, 0.15) is 17.9 Å². The maximum Gasteiger partial charge on any atom is 0.152 e. The molecule has 4 nitrogen and oxygen atoms in total. The van der Waals surface area contributed by atoms with Gasteiger partial charge < -0.3 is 9.54 Å². The van der Waals surface area contributed by atoms with Crippen LogP contribution < -0.4 is 0 Å². The van der Waals surface area contributed by atoms with Crippen LogP contribution in [0.3, 0.4) is 0 Å². The van der Waals surface area contributed by atoms with Crippen LogP contribution in [0.5, 0.6) is 0 Å². The fraction of sp³-hybridized carbons (Fsp3) is 0.0909. The van der Waals surface area contributed by atoms with Crippen LogP contribution in [-0.4, -0.2) is 25.8 Å². The van der Waals surface area contributed by atoms with Gasteiger partial charge in [-0.2, -0.15) is 0 Å². The second-order valence-corrected chi connectivity index (χ2v) is 8.78. The number of thioether (sulfide) groups is 1. The summed E-state index contributed by atoms with van der Waals surface area (Å²) in [7, 11) is 0. The molecule has 2 heterocycles. The first-order valence-electron chi connectivity index (χ1n) is 8.91. The van der Waals surface area contributed by atoms with Gasteiger partial charge in [-0.05, 0) is 52.6 Å². The van der Waals surface area contributed by atoms with E-state index >= 15 is 0 Å². The molecule has 7 heteroatoms. The van der Waals surface area contributed by atoms with Crippen LogP contribution in [0.15, 0.2) is 83.1 Å². The quantitative estimate of drug-likeness (QED) is 0.337.